The molecule has 0 radical (unpaired) electrons. The van der Waals surface area contributed by atoms with Gasteiger partial charge in [0.15, 0.2) is 0 Å². The van der Waals surface area contributed by atoms with Gasteiger partial charge in [-0.25, -0.2) is 0 Å². The van der Waals surface area contributed by atoms with Crippen molar-refractivity contribution in [2.45, 2.75) is 9.79 Å². The Kier molecular flexibility index (Phi) is 4.65. The van der Waals surface area contributed by atoms with Gasteiger partial charge in [-0.2, -0.15) is 0 Å². The summed E-state index contributed by atoms with van der Waals surface area (Å²) in [4.78, 5) is 12.1. The molecule has 0 aliphatic rings. The molecule has 2 rings (SSSR count). The van der Waals surface area contributed by atoms with Crippen molar-refractivity contribution in [2.24, 2.45) is 0 Å². The Morgan fingerprint density at radius 2 is 1.89 bits per heavy atom. The summed E-state index contributed by atoms with van der Waals surface area (Å²) in [7, 11) is 1.63. The van der Waals surface area contributed by atoms with E-state index in [4.69, 9.17) is 4.74 Å². The van der Waals surface area contributed by atoms with Gasteiger partial charge in [0.05, 0.1) is 16.9 Å². The summed E-state index contributed by atoms with van der Waals surface area (Å²) in [5.41, 5.74) is 0.0962. The quantitative estimate of drug-likeness (QED) is 0.445. The highest BCUT2D eigenvalue weighted by molar-refractivity contribution is 14.1. The second-order valence-corrected chi connectivity index (χ2v) is 6.01. The van der Waals surface area contributed by atoms with Crippen LogP contribution in [-0.4, -0.2) is 12.0 Å². The van der Waals surface area contributed by atoms with Crippen molar-refractivity contribution in [3.05, 3.63) is 56.1 Å². The van der Waals surface area contributed by atoms with E-state index < -0.39 is 4.92 Å². The number of hydrogen-bond donors (Lipinski definition) is 0. The van der Waals surface area contributed by atoms with Crippen molar-refractivity contribution in [2.75, 3.05) is 7.11 Å². The van der Waals surface area contributed by atoms with Crippen molar-refractivity contribution in [1.82, 2.24) is 0 Å². The molecule has 2 aromatic rings. The number of non-ortho nitro benzene ring substituents is 1. The number of benzene rings is 2. The highest BCUT2D eigenvalue weighted by atomic mass is 127. The molecule has 0 spiro atoms. The van der Waals surface area contributed by atoms with Crippen LogP contribution in [0.5, 0.6) is 5.75 Å². The minimum Gasteiger partial charge on any atom is -0.496 e. The van der Waals surface area contributed by atoms with E-state index in [1.165, 1.54) is 23.9 Å². The smallest absolute Gasteiger partial charge is 0.269 e. The van der Waals surface area contributed by atoms with Gasteiger partial charge in [0.2, 0.25) is 0 Å². The lowest BCUT2D eigenvalue weighted by Crippen LogP contribution is -1.88. The van der Waals surface area contributed by atoms with Crippen LogP contribution in [0.1, 0.15) is 0 Å². The average molecular weight is 387 g/mol. The molecule has 0 saturated heterocycles. The first-order valence-electron chi connectivity index (χ1n) is 5.36. The van der Waals surface area contributed by atoms with Crippen LogP contribution in [-0.2, 0) is 0 Å². The normalized spacial score (nSPS) is 10.2. The third-order valence-electron chi connectivity index (χ3n) is 2.40. The maximum absolute atomic E-state index is 10.6. The Hall–Kier alpha value is -1.28. The Bertz CT molecular complexity index is 601. The van der Waals surface area contributed by atoms with E-state index in [1.807, 2.05) is 18.2 Å². The first-order valence-corrected chi connectivity index (χ1v) is 7.25. The number of rotatable bonds is 4. The fourth-order valence-corrected chi connectivity index (χ4v) is 2.86. The summed E-state index contributed by atoms with van der Waals surface area (Å²) in [6.07, 6.45) is 0. The van der Waals surface area contributed by atoms with E-state index in [1.54, 1.807) is 19.2 Å². The van der Waals surface area contributed by atoms with Crippen LogP contribution in [0.15, 0.2) is 52.3 Å². The van der Waals surface area contributed by atoms with Crippen molar-refractivity contribution in [3.63, 3.8) is 0 Å². The lowest BCUT2D eigenvalue weighted by molar-refractivity contribution is -0.384. The second-order valence-electron chi connectivity index (χ2n) is 3.65. The molecule has 2 aromatic carbocycles. The monoisotopic (exact) mass is 387 g/mol. The summed E-state index contributed by atoms with van der Waals surface area (Å²) >= 11 is 3.74. The maximum atomic E-state index is 10.6. The first kappa shape index (κ1) is 14.1. The van der Waals surface area contributed by atoms with E-state index in [9.17, 15) is 10.1 Å². The first-order chi connectivity index (χ1) is 9.10. The number of nitrogens with zero attached hydrogens (tertiary/aromatic N) is 1. The van der Waals surface area contributed by atoms with E-state index in [-0.39, 0.29) is 5.69 Å². The molecule has 0 bridgehead atoms. The zero-order valence-corrected chi connectivity index (χ0v) is 13.0. The van der Waals surface area contributed by atoms with Crippen LogP contribution in [0.2, 0.25) is 0 Å². The average Bonchev–Trinajstić information content (AvgIpc) is 2.41. The Labute approximate surface area is 128 Å². The predicted molar refractivity (Wildman–Crippen MR) is 82.9 cm³/mol. The number of halogens is 1. The topological polar surface area (TPSA) is 52.4 Å². The SMILES string of the molecule is COc1cc(I)ccc1Sc1ccc([N+](=O)[O-])cc1. The van der Waals surface area contributed by atoms with E-state index in [2.05, 4.69) is 22.6 Å². The van der Waals surface area contributed by atoms with E-state index in [0.29, 0.717) is 0 Å². The molecule has 0 saturated carbocycles. The number of nitro benzene ring substituents is 1. The number of hydrogen-bond acceptors (Lipinski definition) is 4. The molecule has 4 nitrogen and oxygen atoms in total. The molecule has 0 atom stereocenters. The molecular formula is C13H10INO3S. The van der Waals surface area contributed by atoms with Crippen LogP contribution in [0.3, 0.4) is 0 Å². The van der Waals surface area contributed by atoms with E-state index >= 15 is 0 Å². The van der Waals surface area contributed by atoms with Crippen LogP contribution in [0.25, 0.3) is 0 Å². The minimum atomic E-state index is -0.403. The summed E-state index contributed by atoms with van der Waals surface area (Å²) in [6, 6.07) is 12.4. The van der Waals surface area contributed by atoms with Crippen LogP contribution >= 0.6 is 34.4 Å². The number of methoxy groups -OCH3 is 1. The molecule has 0 N–H and O–H groups in total. The van der Waals surface area contributed by atoms with Gasteiger partial charge >= 0.3 is 0 Å². The van der Waals surface area contributed by atoms with Crippen molar-refractivity contribution in [3.8, 4) is 5.75 Å². The highest BCUT2D eigenvalue weighted by Crippen LogP contribution is 2.36. The zero-order chi connectivity index (χ0) is 13.8. The van der Waals surface area contributed by atoms with Gasteiger partial charge in [-0.05, 0) is 52.9 Å². The molecule has 0 amide bonds. The lowest BCUT2D eigenvalue weighted by Gasteiger charge is -2.08. The molecule has 0 aromatic heterocycles. The molecule has 0 fully saturated rings. The summed E-state index contributed by atoms with van der Waals surface area (Å²) in [6.45, 7) is 0. The largest absolute Gasteiger partial charge is 0.496 e. The van der Waals surface area contributed by atoms with Gasteiger partial charge in [0.25, 0.3) is 5.69 Å². The molecule has 6 heteroatoms. The fraction of sp³-hybridized carbons (Fsp3) is 0.0769. The van der Waals surface area contributed by atoms with Crippen LogP contribution in [0.4, 0.5) is 5.69 Å². The summed E-state index contributed by atoms with van der Waals surface area (Å²) in [5, 5.41) is 10.6. The molecule has 0 aliphatic carbocycles. The Morgan fingerprint density at radius 3 is 2.47 bits per heavy atom. The molecular weight excluding hydrogens is 377 g/mol. The Balaban J connectivity index is 2.23. The lowest BCUT2D eigenvalue weighted by atomic mass is 10.3. The third-order valence-corrected chi connectivity index (χ3v) is 4.14. The van der Waals surface area contributed by atoms with Crippen molar-refractivity contribution in [1.29, 1.82) is 0 Å². The van der Waals surface area contributed by atoms with Gasteiger partial charge in [0.1, 0.15) is 5.75 Å². The van der Waals surface area contributed by atoms with E-state index in [0.717, 1.165) is 19.1 Å². The predicted octanol–water partition coefficient (Wildman–Crippen LogP) is 4.36. The summed E-state index contributed by atoms with van der Waals surface area (Å²) in [5.74, 6) is 0.801. The molecule has 98 valence electrons. The van der Waals surface area contributed by atoms with Gasteiger partial charge < -0.3 is 4.74 Å². The number of nitro groups is 1. The van der Waals surface area contributed by atoms with Gasteiger partial charge in [-0.1, -0.05) is 11.8 Å². The van der Waals surface area contributed by atoms with Crippen molar-refractivity contribution < 1.29 is 9.66 Å². The van der Waals surface area contributed by atoms with Gasteiger partial charge in [0, 0.05) is 20.6 Å². The molecule has 0 heterocycles. The second kappa shape index (κ2) is 6.25. The Morgan fingerprint density at radius 1 is 1.21 bits per heavy atom. The molecule has 19 heavy (non-hydrogen) atoms. The summed E-state index contributed by atoms with van der Waals surface area (Å²) < 4.78 is 6.43. The molecule has 0 unspecified atom stereocenters. The highest BCUT2D eigenvalue weighted by Gasteiger charge is 2.08. The standard InChI is InChI=1S/C13H10INO3S/c1-18-12-8-9(14)2-7-13(12)19-11-5-3-10(4-6-11)15(16)17/h2-8H,1H3. The molecule has 0 aliphatic heterocycles. The van der Waals surface area contributed by atoms with Crippen LogP contribution in [0, 0.1) is 13.7 Å². The van der Waals surface area contributed by atoms with Gasteiger partial charge in [-0.15, -0.1) is 0 Å². The minimum absolute atomic E-state index is 0.0962. The van der Waals surface area contributed by atoms with Gasteiger partial charge in [-0.3, -0.25) is 10.1 Å². The van der Waals surface area contributed by atoms with Crippen molar-refractivity contribution >= 4 is 40.0 Å². The number of ether oxygens (including phenoxy) is 1. The maximum Gasteiger partial charge on any atom is 0.269 e. The third kappa shape index (κ3) is 3.60. The fourth-order valence-electron chi connectivity index (χ4n) is 1.49. The zero-order valence-electron chi connectivity index (χ0n) is 10.00. The van der Waals surface area contributed by atoms with Crippen LogP contribution < -0.4 is 4.74 Å².